The maximum absolute atomic E-state index is 10.4. The molecule has 0 saturated carbocycles. The third-order valence-corrected chi connectivity index (χ3v) is 3.69. The number of hydrogen-bond donors (Lipinski definition) is 2. The molecule has 4 heteroatoms. The van der Waals surface area contributed by atoms with Gasteiger partial charge in [-0.25, -0.2) is 4.68 Å². The Hall–Kier alpha value is -1.65. The number of aliphatic hydroxyl groups excluding tert-OH is 1. The van der Waals surface area contributed by atoms with E-state index in [1.807, 2.05) is 36.5 Å². The van der Waals surface area contributed by atoms with E-state index in [0.29, 0.717) is 0 Å². The van der Waals surface area contributed by atoms with Crippen molar-refractivity contribution in [2.24, 2.45) is 0 Å². The molecule has 1 aliphatic heterocycles. The Morgan fingerprint density at radius 3 is 2.84 bits per heavy atom. The predicted octanol–water partition coefficient (Wildman–Crippen LogP) is 2.05. The summed E-state index contributed by atoms with van der Waals surface area (Å²) in [5.41, 5.74) is 1.89. The number of para-hydroxylation sites is 1. The first-order valence-corrected chi connectivity index (χ1v) is 6.86. The maximum atomic E-state index is 10.4. The van der Waals surface area contributed by atoms with E-state index < -0.39 is 6.10 Å². The van der Waals surface area contributed by atoms with E-state index in [-0.39, 0.29) is 6.04 Å². The Bertz CT molecular complexity index is 517. The number of hydrogen-bond acceptors (Lipinski definition) is 3. The average Bonchev–Trinajstić information content (AvgIpc) is 2.98. The number of nitrogens with one attached hydrogen (secondary N) is 1. The van der Waals surface area contributed by atoms with Crippen LogP contribution in [0, 0.1) is 0 Å². The van der Waals surface area contributed by atoms with Crippen molar-refractivity contribution in [1.29, 1.82) is 0 Å². The summed E-state index contributed by atoms with van der Waals surface area (Å²) in [4.78, 5) is 0. The highest BCUT2D eigenvalue weighted by atomic mass is 16.3. The zero-order valence-electron chi connectivity index (χ0n) is 10.9. The lowest BCUT2D eigenvalue weighted by atomic mass is 9.97. The van der Waals surface area contributed by atoms with Crippen LogP contribution in [0.3, 0.4) is 0 Å². The molecule has 1 aliphatic rings. The van der Waals surface area contributed by atoms with Crippen LogP contribution in [0.2, 0.25) is 0 Å². The summed E-state index contributed by atoms with van der Waals surface area (Å²) in [5.74, 6) is 0. The number of rotatable bonds is 3. The van der Waals surface area contributed by atoms with Crippen LogP contribution in [0.1, 0.15) is 30.9 Å². The van der Waals surface area contributed by atoms with Crippen molar-refractivity contribution < 1.29 is 5.11 Å². The second-order valence-corrected chi connectivity index (χ2v) is 5.06. The van der Waals surface area contributed by atoms with Crippen LogP contribution in [0.4, 0.5) is 0 Å². The average molecular weight is 257 g/mol. The zero-order valence-corrected chi connectivity index (χ0v) is 10.9. The van der Waals surface area contributed by atoms with Gasteiger partial charge in [0.15, 0.2) is 0 Å². The van der Waals surface area contributed by atoms with Crippen molar-refractivity contribution in [2.45, 2.75) is 31.4 Å². The fourth-order valence-corrected chi connectivity index (χ4v) is 2.59. The van der Waals surface area contributed by atoms with Crippen LogP contribution in [0.25, 0.3) is 5.69 Å². The molecule has 0 spiro atoms. The minimum atomic E-state index is -0.474. The summed E-state index contributed by atoms with van der Waals surface area (Å²) >= 11 is 0. The number of piperidine rings is 1. The monoisotopic (exact) mass is 257 g/mol. The van der Waals surface area contributed by atoms with Gasteiger partial charge in [-0.15, -0.1) is 0 Å². The van der Waals surface area contributed by atoms with Gasteiger partial charge in [0.25, 0.3) is 0 Å². The molecule has 19 heavy (non-hydrogen) atoms. The molecule has 1 aromatic carbocycles. The van der Waals surface area contributed by atoms with Gasteiger partial charge < -0.3 is 10.4 Å². The van der Waals surface area contributed by atoms with E-state index in [0.717, 1.165) is 24.2 Å². The van der Waals surface area contributed by atoms with Gasteiger partial charge in [-0.1, -0.05) is 24.6 Å². The molecule has 2 atom stereocenters. The molecule has 2 N–H and O–H groups in total. The fraction of sp³-hybridized carbons (Fsp3) is 0.400. The van der Waals surface area contributed by atoms with Crippen LogP contribution in [0.15, 0.2) is 42.7 Å². The van der Waals surface area contributed by atoms with Crippen molar-refractivity contribution in [2.75, 3.05) is 6.54 Å². The van der Waals surface area contributed by atoms with E-state index in [4.69, 9.17) is 0 Å². The molecule has 3 rings (SSSR count). The van der Waals surface area contributed by atoms with Crippen molar-refractivity contribution in [3.05, 3.63) is 48.3 Å². The third-order valence-electron chi connectivity index (χ3n) is 3.69. The molecule has 4 nitrogen and oxygen atoms in total. The van der Waals surface area contributed by atoms with Crippen LogP contribution in [-0.4, -0.2) is 27.5 Å². The number of nitrogens with zero attached hydrogens (tertiary/aromatic N) is 2. The molecule has 2 unspecified atom stereocenters. The summed E-state index contributed by atoms with van der Waals surface area (Å²) in [5, 5.41) is 18.1. The summed E-state index contributed by atoms with van der Waals surface area (Å²) in [6.07, 6.45) is 6.61. The first-order chi connectivity index (χ1) is 9.34. The predicted molar refractivity (Wildman–Crippen MR) is 74.2 cm³/mol. The molecule has 0 aliphatic carbocycles. The standard InChI is InChI=1S/C15H19N3O/c19-15(14-8-4-5-9-16-14)12-10-17-18(11-12)13-6-2-1-3-7-13/h1-3,6-7,10-11,14-16,19H,4-5,8-9H2. The molecule has 100 valence electrons. The van der Waals surface area contributed by atoms with Gasteiger partial charge in [0.05, 0.1) is 18.0 Å². The smallest absolute Gasteiger partial charge is 0.0973 e. The quantitative estimate of drug-likeness (QED) is 0.884. The second kappa shape index (κ2) is 5.55. The van der Waals surface area contributed by atoms with E-state index in [1.54, 1.807) is 10.9 Å². The van der Waals surface area contributed by atoms with Crippen molar-refractivity contribution in [3.63, 3.8) is 0 Å². The van der Waals surface area contributed by atoms with Gasteiger partial charge in [0, 0.05) is 17.8 Å². The first-order valence-electron chi connectivity index (χ1n) is 6.86. The molecule has 1 saturated heterocycles. The Morgan fingerprint density at radius 2 is 2.11 bits per heavy atom. The van der Waals surface area contributed by atoms with Gasteiger partial charge >= 0.3 is 0 Å². The SMILES string of the molecule is OC(c1cnn(-c2ccccc2)c1)C1CCCCN1. The van der Waals surface area contributed by atoms with Gasteiger partial charge in [-0.3, -0.25) is 0 Å². The van der Waals surface area contributed by atoms with Crippen LogP contribution < -0.4 is 5.32 Å². The Morgan fingerprint density at radius 1 is 1.26 bits per heavy atom. The molecule has 0 amide bonds. The summed E-state index contributed by atoms with van der Waals surface area (Å²) in [6.45, 7) is 0.995. The topological polar surface area (TPSA) is 50.1 Å². The van der Waals surface area contributed by atoms with Gasteiger partial charge in [0.1, 0.15) is 0 Å². The zero-order chi connectivity index (χ0) is 13.1. The van der Waals surface area contributed by atoms with Crippen molar-refractivity contribution in [1.82, 2.24) is 15.1 Å². The molecule has 0 bridgehead atoms. The van der Waals surface area contributed by atoms with E-state index >= 15 is 0 Å². The van der Waals surface area contributed by atoms with E-state index in [2.05, 4.69) is 10.4 Å². The highest BCUT2D eigenvalue weighted by molar-refractivity contribution is 5.31. The lowest BCUT2D eigenvalue weighted by molar-refractivity contribution is 0.114. The minimum Gasteiger partial charge on any atom is -0.387 e. The highest BCUT2D eigenvalue weighted by Gasteiger charge is 2.23. The molecular formula is C15H19N3O. The molecule has 0 radical (unpaired) electrons. The number of aliphatic hydroxyl groups is 1. The molecule has 1 fully saturated rings. The normalized spacial score (nSPS) is 21.2. The van der Waals surface area contributed by atoms with Crippen molar-refractivity contribution >= 4 is 0 Å². The summed E-state index contributed by atoms with van der Waals surface area (Å²) < 4.78 is 1.81. The summed E-state index contributed by atoms with van der Waals surface area (Å²) in [7, 11) is 0. The van der Waals surface area contributed by atoms with Crippen LogP contribution >= 0.6 is 0 Å². The Labute approximate surface area is 113 Å². The van der Waals surface area contributed by atoms with Gasteiger partial charge in [-0.05, 0) is 31.5 Å². The maximum Gasteiger partial charge on any atom is 0.0973 e. The number of aromatic nitrogens is 2. The molecule has 2 heterocycles. The third kappa shape index (κ3) is 2.69. The summed E-state index contributed by atoms with van der Waals surface area (Å²) in [6, 6.07) is 10.1. The second-order valence-electron chi connectivity index (χ2n) is 5.06. The Balaban J connectivity index is 1.77. The van der Waals surface area contributed by atoms with E-state index in [9.17, 15) is 5.11 Å². The van der Waals surface area contributed by atoms with E-state index in [1.165, 1.54) is 12.8 Å². The fourth-order valence-electron chi connectivity index (χ4n) is 2.59. The lowest BCUT2D eigenvalue weighted by Crippen LogP contribution is -2.38. The molecule has 1 aromatic heterocycles. The molecular weight excluding hydrogens is 238 g/mol. The van der Waals surface area contributed by atoms with Crippen LogP contribution in [0.5, 0.6) is 0 Å². The van der Waals surface area contributed by atoms with Crippen LogP contribution in [-0.2, 0) is 0 Å². The van der Waals surface area contributed by atoms with Crippen molar-refractivity contribution in [3.8, 4) is 5.69 Å². The number of benzene rings is 1. The Kier molecular flexibility index (Phi) is 3.62. The van der Waals surface area contributed by atoms with Gasteiger partial charge in [0.2, 0.25) is 0 Å². The highest BCUT2D eigenvalue weighted by Crippen LogP contribution is 2.23. The minimum absolute atomic E-state index is 0.155. The van der Waals surface area contributed by atoms with Gasteiger partial charge in [-0.2, -0.15) is 5.10 Å². The first kappa shape index (κ1) is 12.4. The largest absolute Gasteiger partial charge is 0.387 e. The molecule has 2 aromatic rings. The lowest BCUT2D eigenvalue weighted by Gasteiger charge is -2.27.